The minimum Gasteiger partial charge on any atom is -0.494 e. The molecule has 0 saturated heterocycles. The molecule has 0 radical (unpaired) electrons. The largest absolute Gasteiger partial charge is 0.494 e. The number of carbonyl (C=O) groups is 1. The minimum absolute atomic E-state index is 0.0770. The fraction of sp³-hybridized carbons (Fsp3) is 0.259. The number of hydrogen-bond acceptors (Lipinski definition) is 6. The molecule has 7 nitrogen and oxygen atoms in total. The van der Waals surface area contributed by atoms with Crippen molar-refractivity contribution in [3.63, 3.8) is 0 Å². The third-order valence-electron chi connectivity index (χ3n) is 5.71. The highest BCUT2D eigenvalue weighted by Crippen LogP contribution is 2.42. The van der Waals surface area contributed by atoms with Crippen LogP contribution < -0.4 is 10.2 Å². The minimum atomic E-state index is -1.29. The van der Waals surface area contributed by atoms with Gasteiger partial charge in [0.05, 0.1) is 13.7 Å². The first-order chi connectivity index (χ1) is 17.1. The maximum Gasteiger partial charge on any atom is 0.276 e. The third-order valence-corrected chi connectivity index (χ3v) is 6.24. The Morgan fingerprint density at radius 1 is 1.09 bits per heavy atom. The third kappa shape index (κ3) is 5.73. The molecule has 8 heteroatoms. The number of nitrogens with zero attached hydrogens (tertiary/aromatic N) is 1. The highest BCUT2D eigenvalue weighted by Gasteiger charge is 2.53. The van der Waals surface area contributed by atoms with Gasteiger partial charge in [-0.3, -0.25) is 9.63 Å². The molecule has 182 valence electrons. The van der Waals surface area contributed by atoms with Crippen molar-refractivity contribution in [3.05, 3.63) is 100 Å². The van der Waals surface area contributed by atoms with Gasteiger partial charge >= 0.3 is 0 Å². The van der Waals surface area contributed by atoms with Crippen LogP contribution in [0, 0.1) is 0 Å². The summed E-state index contributed by atoms with van der Waals surface area (Å²) >= 11 is 3.47. The molecule has 0 aromatic heterocycles. The highest BCUT2D eigenvalue weighted by atomic mass is 79.9. The number of aliphatic imine (C=N–C) groups is 1. The Hall–Kier alpha value is -3.20. The number of nitrogens with one attached hydrogen (secondary N) is 1. The monoisotopic (exact) mass is 538 g/mol. The van der Waals surface area contributed by atoms with E-state index in [2.05, 4.69) is 21.4 Å². The van der Waals surface area contributed by atoms with Crippen LogP contribution in [-0.4, -0.2) is 42.8 Å². The van der Waals surface area contributed by atoms with Crippen molar-refractivity contribution in [2.75, 3.05) is 20.3 Å². The first-order valence-corrected chi connectivity index (χ1v) is 12.1. The van der Waals surface area contributed by atoms with Gasteiger partial charge in [0.2, 0.25) is 5.90 Å². The van der Waals surface area contributed by atoms with Gasteiger partial charge in [-0.25, -0.2) is 10.5 Å². The number of ether oxygens (including phenoxy) is 2. The van der Waals surface area contributed by atoms with Crippen molar-refractivity contribution in [2.45, 2.75) is 24.5 Å². The Labute approximate surface area is 212 Å². The van der Waals surface area contributed by atoms with Crippen LogP contribution >= 0.6 is 15.9 Å². The second kappa shape index (κ2) is 11.5. The van der Waals surface area contributed by atoms with E-state index < -0.39 is 17.6 Å². The number of hydroxylamine groups is 1. The molecule has 0 unspecified atom stereocenters. The number of hydrogen-bond donors (Lipinski definition) is 2. The van der Waals surface area contributed by atoms with E-state index in [-0.39, 0.29) is 6.61 Å². The molecule has 4 rings (SSSR count). The first kappa shape index (κ1) is 24.9. The van der Waals surface area contributed by atoms with Gasteiger partial charge in [-0.15, -0.1) is 0 Å². The molecule has 1 aliphatic heterocycles. The molecule has 0 aliphatic carbocycles. The van der Waals surface area contributed by atoms with Gasteiger partial charge < -0.3 is 14.6 Å². The fourth-order valence-corrected chi connectivity index (χ4v) is 4.27. The molecule has 1 aliphatic rings. The lowest BCUT2D eigenvalue weighted by molar-refractivity contribution is -0.139. The molecule has 0 saturated carbocycles. The molecule has 1 heterocycles. The average Bonchev–Trinajstić information content (AvgIpc) is 3.27. The molecule has 35 heavy (non-hydrogen) atoms. The maximum absolute atomic E-state index is 13.5. The summed E-state index contributed by atoms with van der Waals surface area (Å²) in [7, 11) is 1.40. The van der Waals surface area contributed by atoms with Crippen molar-refractivity contribution >= 4 is 27.7 Å². The van der Waals surface area contributed by atoms with Crippen LogP contribution in [0.3, 0.4) is 0 Å². The van der Waals surface area contributed by atoms with E-state index in [0.717, 1.165) is 21.2 Å². The number of carbonyl (C=O) groups excluding carboxylic acids is 1. The van der Waals surface area contributed by atoms with E-state index in [1.807, 2.05) is 78.9 Å². The SMILES string of the molecule is CONC(=O)[C@@]1(Cc2ccc(Br)cc2)N=C(c2ccc(OCCCO)cc2)O[C@H]1c1ccccc1. The predicted octanol–water partition coefficient (Wildman–Crippen LogP) is 4.39. The second-order valence-electron chi connectivity index (χ2n) is 8.14. The summed E-state index contributed by atoms with van der Waals surface area (Å²) in [4.78, 5) is 23.5. The van der Waals surface area contributed by atoms with E-state index in [1.54, 1.807) is 0 Å². The Kier molecular flexibility index (Phi) is 8.17. The number of benzene rings is 3. The maximum atomic E-state index is 13.5. The van der Waals surface area contributed by atoms with E-state index in [4.69, 9.17) is 24.4 Å². The summed E-state index contributed by atoms with van der Waals surface area (Å²) in [5, 5.41) is 8.95. The molecular weight excluding hydrogens is 512 g/mol. The summed E-state index contributed by atoms with van der Waals surface area (Å²) < 4.78 is 13.0. The van der Waals surface area contributed by atoms with Crippen molar-refractivity contribution in [1.29, 1.82) is 0 Å². The van der Waals surface area contributed by atoms with Crippen molar-refractivity contribution < 1.29 is 24.2 Å². The van der Waals surface area contributed by atoms with Crippen LogP contribution in [-0.2, 0) is 20.8 Å². The Balaban J connectivity index is 1.74. The van der Waals surface area contributed by atoms with Crippen molar-refractivity contribution in [1.82, 2.24) is 5.48 Å². The van der Waals surface area contributed by atoms with E-state index >= 15 is 0 Å². The summed E-state index contributed by atoms with van der Waals surface area (Å²) in [5.41, 5.74) is 3.69. The quantitative estimate of drug-likeness (QED) is 0.295. The molecule has 0 bridgehead atoms. The number of halogens is 1. The summed E-state index contributed by atoms with van der Waals surface area (Å²) in [6.45, 7) is 0.504. The molecule has 0 fully saturated rings. The normalized spacial score (nSPS) is 19.1. The lowest BCUT2D eigenvalue weighted by atomic mass is 9.82. The highest BCUT2D eigenvalue weighted by molar-refractivity contribution is 9.10. The topological polar surface area (TPSA) is 89.4 Å². The van der Waals surface area contributed by atoms with Crippen LogP contribution in [0.25, 0.3) is 0 Å². The molecule has 2 atom stereocenters. The van der Waals surface area contributed by atoms with Crippen molar-refractivity contribution in [3.8, 4) is 5.75 Å². The van der Waals surface area contributed by atoms with Gasteiger partial charge in [0.25, 0.3) is 5.91 Å². The summed E-state index contributed by atoms with van der Waals surface area (Å²) in [5.74, 6) is 0.651. The molecule has 3 aromatic rings. The zero-order valence-corrected chi connectivity index (χ0v) is 20.9. The molecule has 3 aromatic carbocycles. The smallest absolute Gasteiger partial charge is 0.276 e. The number of rotatable bonds is 10. The Morgan fingerprint density at radius 2 is 1.80 bits per heavy atom. The van der Waals surface area contributed by atoms with Gasteiger partial charge in [0, 0.05) is 29.5 Å². The summed E-state index contributed by atoms with van der Waals surface area (Å²) in [6.07, 6.45) is 0.197. The van der Waals surface area contributed by atoms with Gasteiger partial charge in [0.15, 0.2) is 11.6 Å². The lowest BCUT2D eigenvalue weighted by Gasteiger charge is -2.30. The van der Waals surface area contributed by atoms with Crippen LogP contribution in [0.1, 0.15) is 29.2 Å². The molecule has 2 N–H and O–H groups in total. The number of aliphatic hydroxyl groups excluding tert-OH is 1. The number of aliphatic hydroxyl groups is 1. The molecule has 0 spiro atoms. The Bertz CT molecular complexity index is 1150. The fourth-order valence-electron chi connectivity index (χ4n) is 4.00. The van der Waals surface area contributed by atoms with Crippen LogP contribution in [0.15, 0.2) is 88.3 Å². The zero-order chi connectivity index (χ0) is 24.7. The van der Waals surface area contributed by atoms with Gasteiger partial charge in [0.1, 0.15) is 5.75 Å². The van der Waals surface area contributed by atoms with E-state index in [1.165, 1.54) is 7.11 Å². The Morgan fingerprint density at radius 3 is 2.46 bits per heavy atom. The summed E-state index contributed by atoms with van der Waals surface area (Å²) in [6, 6.07) is 24.7. The second-order valence-corrected chi connectivity index (χ2v) is 9.05. The molecule has 1 amide bonds. The van der Waals surface area contributed by atoms with Gasteiger partial charge in [-0.05, 0) is 47.5 Å². The van der Waals surface area contributed by atoms with Crippen LogP contribution in [0.4, 0.5) is 0 Å². The number of amides is 1. The predicted molar refractivity (Wildman–Crippen MR) is 136 cm³/mol. The standard InChI is InChI=1S/C27H27BrN2O5/c1-33-30-26(32)27(18-19-8-12-22(28)13-9-19)24(20-6-3-2-4-7-20)35-25(29-27)21-10-14-23(15-11-21)34-17-5-16-31/h2-4,6-15,24,31H,5,16-18H2,1H3,(H,30,32)/t24-,27-/m0/s1. The van der Waals surface area contributed by atoms with Crippen LogP contribution in [0.5, 0.6) is 5.75 Å². The van der Waals surface area contributed by atoms with E-state index in [9.17, 15) is 4.79 Å². The first-order valence-electron chi connectivity index (χ1n) is 11.3. The van der Waals surface area contributed by atoms with Gasteiger partial charge in [-0.2, -0.15) is 0 Å². The zero-order valence-electron chi connectivity index (χ0n) is 19.3. The average molecular weight is 539 g/mol. The van der Waals surface area contributed by atoms with E-state index in [0.29, 0.717) is 31.1 Å². The van der Waals surface area contributed by atoms with Crippen molar-refractivity contribution in [2.24, 2.45) is 4.99 Å². The van der Waals surface area contributed by atoms with Gasteiger partial charge in [-0.1, -0.05) is 58.4 Å². The molecular formula is C27H27BrN2O5. The lowest BCUT2D eigenvalue weighted by Crippen LogP contribution is -2.49. The van der Waals surface area contributed by atoms with Crippen LogP contribution in [0.2, 0.25) is 0 Å².